The minimum absolute atomic E-state index is 0.0114. The van der Waals surface area contributed by atoms with Gasteiger partial charge in [-0.15, -0.1) is 23.1 Å². The highest BCUT2D eigenvalue weighted by Crippen LogP contribution is 2.34. The number of carbonyl (C=O) groups is 3. The van der Waals surface area contributed by atoms with Crippen molar-refractivity contribution in [2.45, 2.75) is 23.5 Å². The number of thioether (sulfide) groups is 1. The summed E-state index contributed by atoms with van der Waals surface area (Å²) >= 11 is 2.67. The van der Waals surface area contributed by atoms with E-state index in [0.29, 0.717) is 51.3 Å². The van der Waals surface area contributed by atoms with Crippen molar-refractivity contribution in [2.24, 2.45) is 0 Å². The quantitative estimate of drug-likeness (QED) is 0.0677. The molecule has 0 bridgehead atoms. The van der Waals surface area contributed by atoms with Crippen molar-refractivity contribution in [1.29, 1.82) is 0 Å². The predicted molar refractivity (Wildman–Crippen MR) is 201 cm³/mol. The number of hydrogen-bond acceptors (Lipinski definition) is 10. The van der Waals surface area contributed by atoms with Crippen LogP contribution in [-0.4, -0.2) is 54.4 Å². The number of phenols is 1. The van der Waals surface area contributed by atoms with Gasteiger partial charge in [-0.3, -0.25) is 14.4 Å². The second-order valence-corrected chi connectivity index (χ2v) is 13.0. The van der Waals surface area contributed by atoms with Crippen LogP contribution >= 0.6 is 23.1 Å². The van der Waals surface area contributed by atoms with E-state index in [1.165, 1.54) is 48.4 Å². The Labute approximate surface area is 303 Å². The molecule has 0 fully saturated rings. The summed E-state index contributed by atoms with van der Waals surface area (Å²) < 4.78 is 16.1. The highest BCUT2D eigenvalue weighted by atomic mass is 32.2. The van der Waals surface area contributed by atoms with Gasteiger partial charge in [-0.25, -0.2) is 4.98 Å². The number of phenolic OH excluding ortho intramolecular Hbond substituents is 1. The molecule has 0 aliphatic heterocycles. The highest BCUT2D eigenvalue weighted by Gasteiger charge is 2.21. The lowest BCUT2D eigenvalue weighted by Gasteiger charge is -2.15. The number of aromatic nitrogens is 1. The van der Waals surface area contributed by atoms with Gasteiger partial charge in [0.2, 0.25) is 5.91 Å². The van der Waals surface area contributed by atoms with Gasteiger partial charge in [0.05, 0.1) is 32.3 Å². The third kappa shape index (κ3) is 9.47. The van der Waals surface area contributed by atoms with Crippen LogP contribution in [0.15, 0.2) is 107 Å². The molecule has 0 spiro atoms. The fourth-order valence-corrected chi connectivity index (χ4v) is 6.63. The number of ether oxygens (including phenoxy) is 3. The molecule has 1 heterocycles. The minimum Gasteiger partial charge on any atom is -0.508 e. The van der Waals surface area contributed by atoms with Crippen molar-refractivity contribution in [3.05, 3.63) is 113 Å². The molecule has 0 aliphatic carbocycles. The van der Waals surface area contributed by atoms with Gasteiger partial charge in [0.25, 0.3) is 11.8 Å². The molecule has 3 amide bonds. The van der Waals surface area contributed by atoms with E-state index in [2.05, 4.69) is 20.9 Å². The molecule has 5 rings (SSSR count). The second kappa shape index (κ2) is 17.2. The van der Waals surface area contributed by atoms with Crippen molar-refractivity contribution in [3.8, 4) is 34.3 Å². The van der Waals surface area contributed by atoms with Crippen LogP contribution in [0.5, 0.6) is 23.0 Å². The Hall–Kier alpha value is -5.79. The molecule has 1 aromatic heterocycles. The van der Waals surface area contributed by atoms with E-state index < -0.39 is 17.1 Å². The van der Waals surface area contributed by atoms with Crippen molar-refractivity contribution in [3.63, 3.8) is 0 Å². The fourth-order valence-electron chi connectivity index (χ4n) is 4.89. The van der Waals surface area contributed by atoms with Crippen molar-refractivity contribution in [1.82, 2.24) is 10.3 Å². The van der Waals surface area contributed by atoms with E-state index in [1.54, 1.807) is 74.9 Å². The number of carbonyl (C=O) groups excluding carboxylic acids is 3. The molecule has 4 N–H and O–H groups in total. The average molecular weight is 725 g/mol. The van der Waals surface area contributed by atoms with Gasteiger partial charge >= 0.3 is 0 Å². The monoisotopic (exact) mass is 724 g/mol. The van der Waals surface area contributed by atoms with Gasteiger partial charge in [0, 0.05) is 38.7 Å². The molecule has 11 nitrogen and oxygen atoms in total. The second-order valence-electron chi connectivity index (χ2n) is 10.9. The molecule has 0 saturated carbocycles. The van der Waals surface area contributed by atoms with Crippen LogP contribution in [0.25, 0.3) is 17.3 Å². The summed E-state index contributed by atoms with van der Waals surface area (Å²) in [5.41, 5.74) is 2.75. The lowest BCUT2D eigenvalue weighted by Crippen LogP contribution is -2.30. The number of nitrogens with zero attached hydrogens (tertiary/aromatic N) is 1. The molecule has 13 heteroatoms. The Kier molecular flexibility index (Phi) is 12.3. The fraction of sp³-hybridized carbons (Fsp3) is 0.158. The molecule has 51 heavy (non-hydrogen) atoms. The molecule has 4 aromatic carbocycles. The summed E-state index contributed by atoms with van der Waals surface area (Å²) in [6, 6.07) is 25.6. The summed E-state index contributed by atoms with van der Waals surface area (Å²) in [5.74, 6) is 0.215. The number of amides is 3. The maximum Gasteiger partial charge on any atom is 0.272 e. The zero-order valence-electron chi connectivity index (χ0n) is 28.3. The van der Waals surface area contributed by atoms with E-state index in [9.17, 15) is 19.5 Å². The number of aromatic hydroxyl groups is 1. The number of hydrogen-bond donors (Lipinski definition) is 4. The number of rotatable bonds is 14. The molecule has 0 saturated heterocycles. The van der Waals surface area contributed by atoms with E-state index in [1.807, 2.05) is 30.5 Å². The first kappa shape index (κ1) is 36.5. The summed E-state index contributed by atoms with van der Waals surface area (Å²) in [7, 11) is 4.58. The van der Waals surface area contributed by atoms with Gasteiger partial charge < -0.3 is 35.3 Å². The first-order valence-corrected chi connectivity index (χ1v) is 17.5. The zero-order chi connectivity index (χ0) is 36.3. The van der Waals surface area contributed by atoms with Gasteiger partial charge in [-0.1, -0.05) is 31.2 Å². The summed E-state index contributed by atoms with van der Waals surface area (Å²) in [4.78, 5) is 45.4. The van der Waals surface area contributed by atoms with Gasteiger partial charge in [0.15, 0.2) is 16.6 Å². The summed E-state index contributed by atoms with van der Waals surface area (Å²) in [5, 5.41) is 20.3. The van der Waals surface area contributed by atoms with Crippen LogP contribution in [0.3, 0.4) is 0 Å². The lowest BCUT2D eigenvalue weighted by atomic mass is 10.1. The van der Waals surface area contributed by atoms with E-state index in [-0.39, 0.29) is 17.4 Å². The number of benzene rings is 4. The SMILES string of the molecule is CCC(Sc1cccc(NC(=O)/C(=C\c2ccc(O)cc2OC)NC(=O)c2ccccc2)c1)C(=O)Nc1nc(-c2ccc(OC)c(OC)c2)cs1. The van der Waals surface area contributed by atoms with E-state index in [0.717, 1.165) is 10.5 Å². The van der Waals surface area contributed by atoms with Crippen LogP contribution in [0.2, 0.25) is 0 Å². The normalized spacial score (nSPS) is 11.6. The predicted octanol–water partition coefficient (Wildman–Crippen LogP) is 7.46. The van der Waals surface area contributed by atoms with Crippen molar-refractivity contribution < 1.29 is 33.7 Å². The lowest BCUT2D eigenvalue weighted by molar-refractivity contribution is -0.116. The maximum atomic E-state index is 13.6. The summed E-state index contributed by atoms with van der Waals surface area (Å²) in [6.07, 6.45) is 2.01. The number of thiazole rings is 1. The number of methoxy groups -OCH3 is 3. The molecule has 1 unspecified atom stereocenters. The van der Waals surface area contributed by atoms with Crippen molar-refractivity contribution in [2.75, 3.05) is 32.0 Å². The van der Waals surface area contributed by atoms with Crippen LogP contribution in [0.1, 0.15) is 29.3 Å². The Morgan fingerprint density at radius 3 is 2.35 bits per heavy atom. The first-order chi connectivity index (χ1) is 24.7. The maximum absolute atomic E-state index is 13.6. The number of anilines is 2. The molecule has 0 radical (unpaired) electrons. The number of nitrogens with one attached hydrogen (secondary N) is 3. The molecular weight excluding hydrogens is 689 g/mol. The molecule has 1 atom stereocenters. The summed E-state index contributed by atoms with van der Waals surface area (Å²) in [6.45, 7) is 1.92. The molecule has 262 valence electrons. The minimum atomic E-state index is -0.588. The largest absolute Gasteiger partial charge is 0.508 e. The van der Waals surface area contributed by atoms with Crippen molar-refractivity contribution >= 4 is 57.7 Å². The Bertz CT molecular complexity index is 2050. The first-order valence-electron chi connectivity index (χ1n) is 15.7. The van der Waals surface area contributed by atoms with Crippen LogP contribution in [0.4, 0.5) is 10.8 Å². The van der Waals surface area contributed by atoms with E-state index >= 15 is 0 Å². The molecule has 5 aromatic rings. The van der Waals surface area contributed by atoms with Crippen LogP contribution in [-0.2, 0) is 9.59 Å². The van der Waals surface area contributed by atoms with E-state index in [4.69, 9.17) is 14.2 Å². The Balaban J connectivity index is 1.29. The third-order valence-corrected chi connectivity index (χ3v) is 9.61. The standard InChI is InChI=1S/C38H36N4O7S2/c1-5-34(37(46)42-38-41-30(22-50-38)24-15-17-31(47-2)33(19-24)49-4)51-28-13-9-12-26(20-28)39-36(45)29(40-35(44)23-10-7-6-8-11-23)18-25-14-16-27(43)21-32(25)48-3/h6-22,34,43H,5H2,1-4H3,(H,39,45)(H,40,44)(H,41,42,46)/b29-18+. The third-order valence-electron chi connectivity index (χ3n) is 7.49. The van der Waals surface area contributed by atoms with Gasteiger partial charge in [-0.05, 0) is 73.2 Å². The Morgan fingerprint density at radius 2 is 1.63 bits per heavy atom. The smallest absolute Gasteiger partial charge is 0.272 e. The zero-order valence-corrected chi connectivity index (χ0v) is 29.9. The van der Waals surface area contributed by atoms with Gasteiger partial charge in [-0.2, -0.15) is 0 Å². The molecule has 0 aliphatic rings. The highest BCUT2D eigenvalue weighted by molar-refractivity contribution is 8.00. The topological polar surface area (TPSA) is 148 Å². The van der Waals surface area contributed by atoms with Gasteiger partial charge in [0.1, 0.15) is 17.2 Å². The average Bonchev–Trinajstić information content (AvgIpc) is 3.62. The van der Waals surface area contributed by atoms with Crippen LogP contribution in [0, 0.1) is 0 Å². The Morgan fingerprint density at radius 1 is 0.863 bits per heavy atom. The molecular formula is C38H36N4O7S2. The van der Waals surface area contributed by atoms with Crippen LogP contribution < -0.4 is 30.2 Å².